The van der Waals surface area contributed by atoms with Crippen LogP contribution in [0.5, 0.6) is 5.75 Å². The van der Waals surface area contributed by atoms with Crippen LogP contribution in [0.2, 0.25) is 0 Å². The minimum atomic E-state index is -0.216. The first-order chi connectivity index (χ1) is 12.5. The summed E-state index contributed by atoms with van der Waals surface area (Å²) in [5.74, 6) is 0.550. The van der Waals surface area contributed by atoms with E-state index in [1.807, 2.05) is 36.4 Å². The number of amides is 1. The van der Waals surface area contributed by atoms with Crippen molar-refractivity contribution >= 4 is 21.8 Å². The average Bonchev–Trinajstić information content (AvgIpc) is 3.12. The van der Waals surface area contributed by atoms with Gasteiger partial charge in [-0.05, 0) is 24.6 Å². The van der Waals surface area contributed by atoms with E-state index >= 15 is 0 Å². The third-order valence-electron chi connectivity index (χ3n) is 4.08. The first kappa shape index (κ1) is 18.2. The molecule has 0 aliphatic heterocycles. The number of aromatic nitrogens is 1. The van der Waals surface area contributed by atoms with Crippen LogP contribution in [0.15, 0.2) is 63.6 Å². The number of aromatic hydroxyl groups is 1. The second kappa shape index (κ2) is 8.19. The molecule has 0 saturated carbocycles. The van der Waals surface area contributed by atoms with Crippen molar-refractivity contribution in [2.75, 3.05) is 13.6 Å². The van der Waals surface area contributed by atoms with E-state index < -0.39 is 0 Å². The summed E-state index contributed by atoms with van der Waals surface area (Å²) in [6, 6.07) is 16.6. The van der Waals surface area contributed by atoms with E-state index in [0.717, 1.165) is 27.9 Å². The fourth-order valence-corrected chi connectivity index (χ4v) is 3.01. The van der Waals surface area contributed by atoms with Gasteiger partial charge < -0.3 is 14.5 Å². The van der Waals surface area contributed by atoms with Gasteiger partial charge in [0.2, 0.25) is 0 Å². The smallest absolute Gasteiger partial charge is 0.257 e. The van der Waals surface area contributed by atoms with Crippen LogP contribution in [0.3, 0.4) is 0 Å². The van der Waals surface area contributed by atoms with E-state index in [-0.39, 0.29) is 17.2 Å². The van der Waals surface area contributed by atoms with Crippen LogP contribution in [-0.4, -0.2) is 34.7 Å². The van der Waals surface area contributed by atoms with E-state index in [9.17, 15) is 9.90 Å². The third kappa shape index (κ3) is 4.32. The Morgan fingerprint density at radius 2 is 1.96 bits per heavy atom. The Morgan fingerprint density at radius 1 is 1.19 bits per heavy atom. The van der Waals surface area contributed by atoms with Gasteiger partial charge in [0, 0.05) is 36.1 Å². The number of carbonyl (C=O) groups is 1. The van der Waals surface area contributed by atoms with Gasteiger partial charge in [-0.25, -0.2) is 0 Å². The van der Waals surface area contributed by atoms with Crippen LogP contribution in [0.1, 0.15) is 22.5 Å². The van der Waals surface area contributed by atoms with E-state index in [1.54, 1.807) is 24.1 Å². The van der Waals surface area contributed by atoms with Crippen LogP contribution >= 0.6 is 15.9 Å². The highest BCUT2D eigenvalue weighted by Crippen LogP contribution is 2.23. The molecule has 0 aliphatic rings. The van der Waals surface area contributed by atoms with Crippen molar-refractivity contribution in [2.45, 2.75) is 12.8 Å². The monoisotopic (exact) mass is 414 g/mol. The Kier molecular flexibility index (Phi) is 5.73. The van der Waals surface area contributed by atoms with Gasteiger partial charge in [0.1, 0.15) is 17.2 Å². The van der Waals surface area contributed by atoms with Gasteiger partial charge >= 0.3 is 0 Å². The first-order valence-electron chi connectivity index (χ1n) is 8.29. The first-order valence-corrected chi connectivity index (χ1v) is 9.09. The molecule has 0 atom stereocenters. The summed E-state index contributed by atoms with van der Waals surface area (Å²) in [5, 5.41) is 14.0. The highest BCUT2D eigenvalue weighted by atomic mass is 79.9. The molecule has 3 rings (SSSR count). The second-order valence-corrected chi connectivity index (χ2v) is 6.95. The third-order valence-corrected chi connectivity index (χ3v) is 4.57. The number of benzene rings is 2. The predicted molar refractivity (Wildman–Crippen MR) is 103 cm³/mol. The molecule has 1 amide bonds. The maximum Gasteiger partial charge on any atom is 0.257 e. The lowest BCUT2D eigenvalue weighted by atomic mass is 10.1. The number of aryl methyl sites for hydroxylation is 1. The van der Waals surface area contributed by atoms with E-state index in [0.29, 0.717) is 13.0 Å². The highest BCUT2D eigenvalue weighted by molar-refractivity contribution is 9.10. The molecular weight excluding hydrogens is 396 g/mol. The molecule has 0 radical (unpaired) electrons. The summed E-state index contributed by atoms with van der Waals surface area (Å²) >= 11 is 3.32. The molecule has 2 aromatic carbocycles. The number of halogens is 1. The summed E-state index contributed by atoms with van der Waals surface area (Å²) in [5.41, 5.74) is 2.11. The van der Waals surface area contributed by atoms with Gasteiger partial charge in [-0.3, -0.25) is 4.79 Å². The lowest BCUT2D eigenvalue weighted by Crippen LogP contribution is -2.28. The summed E-state index contributed by atoms with van der Waals surface area (Å²) < 4.78 is 6.13. The second-order valence-electron chi connectivity index (χ2n) is 6.04. The number of rotatable bonds is 6. The van der Waals surface area contributed by atoms with E-state index in [4.69, 9.17) is 4.52 Å². The number of phenols is 1. The molecule has 1 N–H and O–H groups in total. The zero-order valence-corrected chi connectivity index (χ0v) is 15.9. The molecule has 0 aliphatic carbocycles. The van der Waals surface area contributed by atoms with Gasteiger partial charge in [-0.1, -0.05) is 51.4 Å². The molecule has 5 nitrogen and oxygen atoms in total. The molecule has 3 aromatic rings. The lowest BCUT2D eigenvalue weighted by molar-refractivity contribution is 0.0789. The minimum Gasteiger partial charge on any atom is -0.507 e. The number of hydrogen-bond acceptors (Lipinski definition) is 4. The van der Waals surface area contributed by atoms with Gasteiger partial charge in [-0.15, -0.1) is 0 Å². The molecule has 0 saturated heterocycles. The number of carbonyl (C=O) groups excluding carboxylic acids is 1. The zero-order chi connectivity index (χ0) is 18.5. The summed E-state index contributed by atoms with van der Waals surface area (Å²) in [6.45, 7) is 0.548. The van der Waals surface area contributed by atoms with Gasteiger partial charge in [-0.2, -0.15) is 0 Å². The van der Waals surface area contributed by atoms with Crippen molar-refractivity contribution in [3.05, 3.63) is 70.4 Å². The molecule has 0 unspecified atom stereocenters. The van der Waals surface area contributed by atoms with Crippen LogP contribution in [0.25, 0.3) is 11.3 Å². The Labute approximate surface area is 160 Å². The summed E-state index contributed by atoms with van der Waals surface area (Å²) in [7, 11) is 1.72. The van der Waals surface area contributed by atoms with Crippen LogP contribution in [0.4, 0.5) is 0 Å². The van der Waals surface area contributed by atoms with Crippen LogP contribution in [0, 0.1) is 0 Å². The zero-order valence-electron chi connectivity index (χ0n) is 14.4. The van der Waals surface area contributed by atoms with Crippen molar-refractivity contribution in [3.8, 4) is 17.0 Å². The van der Waals surface area contributed by atoms with Crippen molar-refractivity contribution in [1.82, 2.24) is 10.1 Å². The molecule has 0 fully saturated rings. The lowest BCUT2D eigenvalue weighted by Gasteiger charge is -2.17. The largest absolute Gasteiger partial charge is 0.507 e. The normalized spacial score (nSPS) is 10.7. The van der Waals surface area contributed by atoms with Crippen molar-refractivity contribution < 1.29 is 14.4 Å². The predicted octanol–water partition coefficient (Wildman–Crippen LogP) is 4.51. The molecule has 26 heavy (non-hydrogen) atoms. The molecule has 134 valence electrons. The fourth-order valence-electron chi connectivity index (χ4n) is 2.65. The summed E-state index contributed by atoms with van der Waals surface area (Å²) in [4.78, 5) is 14.1. The maximum atomic E-state index is 12.5. The van der Waals surface area contributed by atoms with Gasteiger partial charge in [0.25, 0.3) is 5.91 Å². The Hall–Kier alpha value is -2.60. The molecule has 1 aromatic heterocycles. The van der Waals surface area contributed by atoms with E-state index in [1.165, 1.54) is 6.07 Å². The van der Waals surface area contributed by atoms with Crippen LogP contribution in [-0.2, 0) is 6.42 Å². The number of nitrogens with zero attached hydrogens (tertiary/aromatic N) is 2. The van der Waals surface area contributed by atoms with Crippen molar-refractivity contribution in [1.29, 1.82) is 0 Å². The quantitative estimate of drug-likeness (QED) is 0.643. The SMILES string of the molecule is CN(CCCc1cc(-c2ccccc2)no1)C(=O)c1cc(Br)ccc1O. The fraction of sp³-hybridized carbons (Fsp3) is 0.200. The molecule has 0 spiro atoms. The summed E-state index contributed by atoms with van der Waals surface area (Å²) in [6.07, 6.45) is 1.42. The highest BCUT2D eigenvalue weighted by Gasteiger charge is 2.16. The molecule has 0 bridgehead atoms. The van der Waals surface area contributed by atoms with Gasteiger partial charge in [0.15, 0.2) is 0 Å². The average molecular weight is 415 g/mol. The van der Waals surface area contributed by atoms with Gasteiger partial charge in [0.05, 0.1) is 5.56 Å². The van der Waals surface area contributed by atoms with E-state index in [2.05, 4.69) is 21.1 Å². The number of phenolic OH excluding ortho intramolecular Hbond substituents is 1. The standard InChI is InChI=1S/C20H19BrN2O3/c1-23(20(25)17-12-15(21)9-10-19(17)24)11-5-8-16-13-18(22-26-16)14-6-3-2-4-7-14/h2-4,6-7,9-10,12-13,24H,5,8,11H2,1H3. The Balaban J connectivity index is 1.55. The van der Waals surface area contributed by atoms with Crippen LogP contribution < -0.4 is 0 Å². The Morgan fingerprint density at radius 3 is 2.73 bits per heavy atom. The minimum absolute atomic E-state index is 0.0206. The van der Waals surface area contributed by atoms with Crippen molar-refractivity contribution in [2.24, 2.45) is 0 Å². The van der Waals surface area contributed by atoms with Crippen molar-refractivity contribution in [3.63, 3.8) is 0 Å². The molecule has 6 heteroatoms. The Bertz CT molecular complexity index is 893. The molecular formula is C20H19BrN2O3. The number of hydrogen-bond donors (Lipinski definition) is 1. The maximum absolute atomic E-state index is 12.5. The molecule has 1 heterocycles. The topological polar surface area (TPSA) is 66.6 Å².